The molecule has 1 aliphatic rings. The van der Waals surface area contributed by atoms with Crippen LogP contribution in [0.4, 0.5) is 0 Å². The van der Waals surface area contributed by atoms with Gasteiger partial charge in [0.25, 0.3) is 0 Å². The van der Waals surface area contributed by atoms with Gasteiger partial charge in [-0.15, -0.1) is 24.0 Å². The van der Waals surface area contributed by atoms with Crippen molar-refractivity contribution in [3.8, 4) is 0 Å². The third kappa shape index (κ3) is 6.33. The summed E-state index contributed by atoms with van der Waals surface area (Å²) in [5, 5.41) is 16.9. The molecule has 132 valence electrons. The molecule has 5 nitrogen and oxygen atoms in total. The van der Waals surface area contributed by atoms with Gasteiger partial charge in [0.15, 0.2) is 5.96 Å². The van der Waals surface area contributed by atoms with Crippen molar-refractivity contribution < 1.29 is 5.11 Å². The molecule has 0 radical (unpaired) electrons. The van der Waals surface area contributed by atoms with E-state index in [2.05, 4.69) is 41.4 Å². The lowest BCUT2D eigenvalue weighted by molar-refractivity contribution is 0.00716. The van der Waals surface area contributed by atoms with Crippen molar-refractivity contribution in [1.82, 2.24) is 15.2 Å². The second kappa shape index (κ2) is 10.2. The Hall–Kier alpha value is -0.760. The number of rotatable bonds is 6. The van der Waals surface area contributed by atoms with Crippen molar-refractivity contribution in [2.24, 2.45) is 10.4 Å². The molecule has 0 aromatic carbocycles. The van der Waals surface area contributed by atoms with Crippen molar-refractivity contribution in [3.63, 3.8) is 0 Å². The third-order valence-electron chi connectivity index (χ3n) is 4.55. The molecule has 1 aromatic heterocycles. The first-order valence-corrected chi connectivity index (χ1v) is 8.45. The minimum absolute atomic E-state index is 0. The van der Waals surface area contributed by atoms with Crippen LogP contribution in [0.25, 0.3) is 0 Å². The lowest BCUT2D eigenvalue weighted by Crippen LogP contribution is -2.42. The molecular weight excluding hydrogens is 403 g/mol. The molecule has 1 saturated carbocycles. The Morgan fingerprint density at radius 3 is 2.70 bits per heavy atom. The average molecular weight is 434 g/mol. The van der Waals surface area contributed by atoms with Gasteiger partial charge in [-0.1, -0.05) is 19.8 Å². The van der Waals surface area contributed by atoms with Crippen LogP contribution in [0, 0.1) is 5.41 Å². The van der Waals surface area contributed by atoms with Crippen molar-refractivity contribution >= 4 is 29.9 Å². The first kappa shape index (κ1) is 20.3. The zero-order valence-electron chi connectivity index (χ0n) is 14.3. The SMILES string of the molecule is CCNC(=NCC1(C)CCCCC1O)NCCn1cccc1.I. The van der Waals surface area contributed by atoms with Crippen molar-refractivity contribution in [2.75, 3.05) is 19.6 Å². The average Bonchev–Trinajstić information content (AvgIpc) is 3.01. The lowest BCUT2D eigenvalue weighted by Gasteiger charge is -2.37. The van der Waals surface area contributed by atoms with E-state index in [0.717, 1.165) is 44.9 Å². The summed E-state index contributed by atoms with van der Waals surface area (Å²) < 4.78 is 2.14. The highest BCUT2D eigenvalue weighted by atomic mass is 127. The summed E-state index contributed by atoms with van der Waals surface area (Å²) in [7, 11) is 0. The summed E-state index contributed by atoms with van der Waals surface area (Å²) in [6.07, 6.45) is 8.18. The molecule has 1 aromatic rings. The number of nitrogens with zero attached hydrogens (tertiary/aromatic N) is 2. The summed E-state index contributed by atoms with van der Waals surface area (Å²) in [5.41, 5.74) is -0.0823. The minimum Gasteiger partial charge on any atom is -0.392 e. The Morgan fingerprint density at radius 2 is 2.04 bits per heavy atom. The van der Waals surface area contributed by atoms with Crippen molar-refractivity contribution in [2.45, 2.75) is 52.2 Å². The van der Waals surface area contributed by atoms with Gasteiger partial charge in [-0.25, -0.2) is 0 Å². The van der Waals surface area contributed by atoms with Gasteiger partial charge in [-0.05, 0) is 31.9 Å². The highest BCUT2D eigenvalue weighted by Gasteiger charge is 2.35. The van der Waals surface area contributed by atoms with Gasteiger partial charge in [-0.3, -0.25) is 4.99 Å². The summed E-state index contributed by atoms with van der Waals surface area (Å²) in [6, 6.07) is 4.06. The first-order chi connectivity index (χ1) is 10.6. The second-order valence-corrected chi connectivity index (χ2v) is 6.46. The molecule has 0 bridgehead atoms. The van der Waals surface area contributed by atoms with Gasteiger partial charge in [0.1, 0.15) is 0 Å². The number of halogens is 1. The van der Waals surface area contributed by atoms with E-state index in [1.54, 1.807) is 0 Å². The van der Waals surface area contributed by atoms with E-state index in [9.17, 15) is 5.11 Å². The molecular formula is C17H31IN4O. The molecule has 2 rings (SSSR count). The minimum atomic E-state index is -0.229. The van der Waals surface area contributed by atoms with Gasteiger partial charge in [0.2, 0.25) is 0 Å². The van der Waals surface area contributed by atoms with Crippen molar-refractivity contribution in [1.29, 1.82) is 0 Å². The molecule has 2 atom stereocenters. The number of aromatic nitrogens is 1. The van der Waals surface area contributed by atoms with E-state index >= 15 is 0 Å². The topological polar surface area (TPSA) is 61.6 Å². The maximum atomic E-state index is 10.3. The van der Waals surface area contributed by atoms with E-state index in [4.69, 9.17) is 4.99 Å². The lowest BCUT2D eigenvalue weighted by atomic mass is 9.73. The van der Waals surface area contributed by atoms with E-state index in [1.165, 1.54) is 6.42 Å². The fourth-order valence-electron chi connectivity index (χ4n) is 2.99. The Labute approximate surface area is 157 Å². The standard InChI is InChI=1S/C17H30N4O.HI/c1-3-18-16(19-10-13-21-11-6-7-12-21)20-14-17(2)9-5-4-8-15(17)22;/h6-7,11-12,15,22H,3-5,8-10,13-14H2,1-2H3,(H2,18,19,20);1H. The van der Waals surface area contributed by atoms with E-state index < -0.39 is 0 Å². The summed E-state index contributed by atoms with van der Waals surface area (Å²) in [5.74, 6) is 0.841. The molecule has 2 unspecified atom stereocenters. The number of aliphatic hydroxyl groups is 1. The fraction of sp³-hybridized carbons (Fsp3) is 0.706. The zero-order valence-corrected chi connectivity index (χ0v) is 16.6. The third-order valence-corrected chi connectivity index (χ3v) is 4.55. The number of nitrogens with one attached hydrogen (secondary N) is 2. The summed E-state index contributed by atoms with van der Waals surface area (Å²) in [4.78, 5) is 4.70. The smallest absolute Gasteiger partial charge is 0.191 e. The van der Waals surface area contributed by atoms with Crippen LogP contribution in [-0.4, -0.2) is 41.4 Å². The number of hydrogen-bond acceptors (Lipinski definition) is 2. The Kier molecular flexibility index (Phi) is 8.98. The number of hydrogen-bond donors (Lipinski definition) is 3. The van der Waals surface area contributed by atoms with Gasteiger partial charge in [-0.2, -0.15) is 0 Å². The molecule has 3 N–H and O–H groups in total. The van der Waals surface area contributed by atoms with Crippen LogP contribution in [0.1, 0.15) is 39.5 Å². The molecule has 6 heteroatoms. The molecule has 1 aliphatic carbocycles. The molecule has 1 fully saturated rings. The monoisotopic (exact) mass is 434 g/mol. The van der Waals surface area contributed by atoms with Crippen LogP contribution in [0.15, 0.2) is 29.5 Å². The number of guanidine groups is 1. The first-order valence-electron chi connectivity index (χ1n) is 8.45. The van der Waals surface area contributed by atoms with Crippen LogP contribution < -0.4 is 10.6 Å². The molecule has 0 amide bonds. The van der Waals surface area contributed by atoms with Crippen LogP contribution >= 0.6 is 24.0 Å². The molecule has 0 aliphatic heterocycles. The van der Waals surface area contributed by atoms with Gasteiger partial charge >= 0.3 is 0 Å². The zero-order chi connectivity index (χ0) is 15.8. The number of aliphatic imine (C=N–C) groups is 1. The van der Waals surface area contributed by atoms with Crippen LogP contribution in [0.3, 0.4) is 0 Å². The van der Waals surface area contributed by atoms with Gasteiger partial charge in [0, 0.05) is 37.4 Å². The predicted octanol–water partition coefficient (Wildman–Crippen LogP) is 2.60. The normalized spacial score (nSPS) is 24.8. The molecule has 0 spiro atoms. The van der Waals surface area contributed by atoms with Crippen molar-refractivity contribution in [3.05, 3.63) is 24.5 Å². The summed E-state index contributed by atoms with van der Waals surface area (Å²) >= 11 is 0. The van der Waals surface area contributed by atoms with Gasteiger partial charge in [0.05, 0.1) is 12.6 Å². The van der Waals surface area contributed by atoms with Gasteiger partial charge < -0.3 is 20.3 Å². The molecule has 0 saturated heterocycles. The Bertz CT molecular complexity index is 463. The largest absolute Gasteiger partial charge is 0.392 e. The van der Waals surface area contributed by atoms with E-state index in [0.29, 0.717) is 6.54 Å². The Balaban J connectivity index is 0.00000264. The highest BCUT2D eigenvalue weighted by Crippen LogP contribution is 2.36. The molecule has 1 heterocycles. The van der Waals surface area contributed by atoms with Crippen LogP contribution in [0.2, 0.25) is 0 Å². The maximum absolute atomic E-state index is 10.3. The van der Waals surface area contributed by atoms with Crippen LogP contribution in [-0.2, 0) is 6.54 Å². The quantitative estimate of drug-likeness (QED) is 0.367. The van der Waals surface area contributed by atoms with E-state index in [1.807, 2.05) is 12.1 Å². The van der Waals surface area contributed by atoms with Crippen LogP contribution in [0.5, 0.6) is 0 Å². The van der Waals surface area contributed by atoms with E-state index in [-0.39, 0.29) is 35.5 Å². The highest BCUT2D eigenvalue weighted by molar-refractivity contribution is 14.0. The Morgan fingerprint density at radius 1 is 1.30 bits per heavy atom. The second-order valence-electron chi connectivity index (χ2n) is 6.46. The molecule has 23 heavy (non-hydrogen) atoms. The number of aliphatic hydroxyl groups excluding tert-OH is 1. The maximum Gasteiger partial charge on any atom is 0.191 e. The predicted molar refractivity (Wildman–Crippen MR) is 106 cm³/mol. The summed E-state index contributed by atoms with van der Waals surface area (Å²) in [6.45, 7) is 7.49. The fourth-order valence-corrected chi connectivity index (χ4v) is 2.99.